The molecule has 1 atom stereocenters. The van der Waals surface area contributed by atoms with Crippen molar-refractivity contribution in [1.29, 1.82) is 0 Å². The molecule has 3 heteroatoms. The van der Waals surface area contributed by atoms with Crippen molar-refractivity contribution < 1.29 is 0 Å². The number of hydrogen-bond acceptors (Lipinski definition) is 3. The topological polar surface area (TPSA) is 28.2 Å². The molecule has 0 radical (unpaired) electrons. The van der Waals surface area contributed by atoms with Crippen LogP contribution in [0.2, 0.25) is 0 Å². The highest BCUT2D eigenvalue weighted by Crippen LogP contribution is 2.24. The minimum Gasteiger partial charge on any atom is -0.371 e. The summed E-state index contributed by atoms with van der Waals surface area (Å²) in [6.45, 7) is 5.55. The Morgan fingerprint density at radius 3 is 3.06 bits per heavy atom. The number of aromatic nitrogens is 1. The first kappa shape index (κ1) is 13.3. The summed E-state index contributed by atoms with van der Waals surface area (Å²) in [5.74, 6) is 0.925. The fourth-order valence-corrected chi connectivity index (χ4v) is 2.77. The Balaban J connectivity index is 2.03. The van der Waals surface area contributed by atoms with E-state index in [0.29, 0.717) is 0 Å². The maximum atomic E-state index is 4.39. The number of hydrogen-bond donors (Lipinski definition) is 1. The number of rotatable bonds is 4. The van der Waals surface area contributed by atoms with E-state index in [0.717, 1.165) is 18.2 Å². The molecular weight excluding hydrogens is 222 g/mol. The van der Waals surface area contributed by atoms with Gasteiger partial charge < -0.3 is 10.2 Å². The Kier molecular flexibility index (Phi) is 5.00. The summed E-state index contributed by atoms with van der Waals surface area (Å²) in [5, 5.41) is 3.16. The molecule has 0 spiro atoms. The lowest BCUT2D eigenvalue weighted by Gasteiger charge is -2.23. The largest absolute Gasteiger partial charge is 0.371 e. The van der Waals surface area contributed by atoms with Crippen LogP contribution in [0.1, 0.15) is 38.3 Å². The van der Waals surface area contributed by atoms with Crippen LogP contribution in [0.4, 0.5) is 5.69 Å². The van der Waals surface area contributed by atoms with Crippen LogP contribution in [0.25, 0.3) is 0 Å². The van der Waals surface area contributed by atoms with E-state index in [2.05, 4.69) is 34.3 Å². The zero-order chi connectivity index (χ0) is 12.8. The summed E-state index contributed by atoms with van der Waals surface area (Å²) in [5.41, 5.74) is 2.47. The van der Waals surface area contributed by atoms with Crippen LogP contribution in [0, 0.1) is 5.92 Å². The molecule has 0 amide bonds. The average Bonchev–Trinajstić information content (AvgIpc) is 2.65. The lowest BCUT2D eigenvalue weighted by Crippen LogP contribution is -2.24. The molecular formula is C15H25N3. The molecule has 0 bridgehead atoms. The van der Waals surface area contributed by atoms with Gasteiger partial charge in [-0.25, -0.2) is 0 Å². The van der Waals surface area contributed by atoms with Gasteiger partial charge in [-0.3, -0.25) is 4.98 Å². The third-order valence-electron chi connectivity index (χ3n) is 3.95. The van der Waals surface area contributed by atoms with Gasteiger partial charge in [-0.05, 0) is 44.4 Å². The Bertz CT molecular complexity index is 365. The first-order valence-corrected chi connectivity index (χ1v) is 7.18. The highest BCUT2D eigenvalue weighted by Gasteiger charge is 2.16. The zero-order valence-electron chi connectivity index (χ0n) is 11.7. The molecule has 0 aromatic carbocycles. The van der Waals surface area contributed by atoms with E-state index in [4.69, 9.17) is 0 Å². The second-order valence-electron chi connectivity index (χ2n) is 5.23. The van der Waals surface area contributed by atoms with Crippen LogP contribution < -0.4 is 10.2 Å². The summed E-state index contributed by atoms with van der Waals surface area (Å²) in [6.07, 6.45) is 7.31. The van der Waals surface area contributed by atoms with Crippen molar-refractivity contribution >= 4 is 5.69 Å². The van der Waals surface area contributed by atoms with E-state index < -0.39 is 0 Å². The van der Waals surface area contributed by atoms with Crippen molar-refractivity contribution in [3.63, 3.8) is 0 Å². The third kappa shape index (κ3) is 3.45. The van der Waals surface area contributed by atoms with Crippen molar-refractivity contribution in [3.05, 3.63) is 24.0 Å². The summed E-state index contributed by atoms with van der Waals surface area (Å²) in [6, 6.07) is 4.37. The number of nitrogens with one attached hydrogen (secondary N) is 1. The number of anilines is 1. The first-order valence-electron chi connectivity index (χ1n) is 7.18. The van der Waals surface area contributed by atoms with Crippen molar-refractivity contribution in [2.45, 2.75) is 39.2 Å². The van der Waals surface area contributed by atoms with Crippen LogP contribution in [0.5, 0.6) is 0 Å². The lowest BCUT2D eigenvalue weighted by atomic mass is 9.98. The molecule has 1 aromatic rings. The molecule has 2 rings (SSSR count). The van der Waals surface area contributed by atoms with Gasteiger partial charge in [0.1, 0.15) is 0 Å². The quantitative estimate of drug-likeness (QED) is 0.887. The van der Waals surface area contributed by atoms with E-state index in [-0.39, 0.29) is 0 Å². The molecule has 1 saturated heterocycles. The molecule has 1 aromatic heterocycles. The van der Waals surface area contributed by atoms with Gasteiger partial charge in [-0.15, -0.1) is 0 Å². The fraction of sp³-hybridized carbons (Fsp3) is 0.667. The standard InChI is InChI=1S/C15H25N3/c1-3-13-5-4-9-18(10-7-13)15-6-8-17-14(11-15)12-16-2/h6,8,11,13,16H,3-5,7,9-10,12H2,1-2H3. The molecule has 1 fully saturated rings. The van der Waals surface area contributed by atoms with Gasteiger partial charge in [0, 0.05) is 31.5 Å². The maximum Gasteiger partial charge on any atom is 0.0562 e. The van der Waals surface area contributed by atoms with Gasteiger partial charge in [0.25, 0.3) is 0 Å². The normalized spacial score (nSPS) is 20.8. The van der Waals surface area contributed by atoms with Gasteiger partial charge in [-0.1, -0.05) is 13.3 Å². The predicted molar refractivity (Wildman–Crippen MR) is 76.8 cm³/mol. The highest BCUT2D eigenvalue weighted by atomic mass is 15.1. The molecule has 1 unspecified atom stereocenters. The molecule has 1 aliphatic heterocycles. The van der Waals surface area contributed by atoms with E-state index >= 15 is 0 Å². The predicted octanol–water partition coefficient (Wildman–Crippen LogP) is 2.82. The Morgan fingerprint density at radius 2 is 2.28 bits per heavy atom. The Morgan fingerprint density at radius 1 is 1.39 bits per heavy atom. The second-order valence-corrected chi connectivity index (χ2v) is 5.23. The molecule has 0 aliphatic carbocycles. The lowest BCUT2D eigenvalue weighted by molar-refractivity contribution is 0.459. The second kappa shape index (κ2) is 6.74. The number of pyridine rings is 1. The van der Waals surface area contributed by atoms with Crippen molar-refractivity contribution in [2.24, 2.45) is 5.92 Å². The van der Waals surface area contributed by atoms with Crippen LogP contribution in [0.15, 0.2) is 18.3 Å². The highest BCUT2D eigenvalue weighted by molar-refractivity contribution is 5.46. The van der Waals surface area contributed by atoms with Gasteiger partial charge in [0.05, 0.1) is 5.69 Å². The van der Waals surface area contributed by atoms with Crippen LogP contribution in [0.3, 0.4) is 0 Å². The molecule has 18 heavy (non-hydrogen) atoms. The Hall–Kier alpha value is -1.09. The fourth-order valence-electron chi connectivity index (χ4n) is 2.77. The summed E-state index contributed by atoms with van der Waals surface area (Å²) in [4.78, 5) is 6.91. The molecule has 0 saturated carbocycles. The summed E-state index contributed by atoms with van der Waals surface area (Å²) >= 11 is 0. The van der Waals surface area contributed by atoms with E-state index in [1.165, 1.54) is 44.5 Å². The summed E-state index contributed by atoms with van der Waals surface area (Å²) in [7, 11) is 1.96. The minimum absolute atomic E-state index is 0.846. The summed E-state index contributed by atoms with van der Waals surface area (Å²) < 4.78 is 0. The van der Waals surface area contributed by atoms with Gasteiger partial charge in [0.2, 0.25) is 0 Å². The van der Waals surface area contributed by atoms with Crippen LogP contribution >= 0.6 is 0 Å². The molecule has 1 aliphatic rings. The SMILES string of the molecule is CCC1CCCN(c2ccnc(CNC)c2)CC1. The van der Waals surface area contributed by atoms with Crippen LogP contribution in [-0.2, 0) is 6.54 Å². The van der Waals surface area contributed by atoms with E-state index in [9.17, 15) is 0 Å². The van der Waals surface area contributed by atoms with Gasteiger partial charge >= 0.3 is 0 Å². The first-order chi connectivity index (χ1) is 8.83. The average molecular weight is 247 g/mol. The zero-order valence-corrected chi connectivity index (χ0v) is 11.7. The van der Waals surface area contributed by atoms with Crippen molar-refractivity contribution in [2.75, 3.05) is 25.0 Å². The monoisotopic (exact) mass is 247 g/mol. The number of nitrogens with zero attached hydrogens (tertiary/aromatic N) is 2. The molecule has 3 nitrogen and oxygen atoms in total. The van der Waals surface area contributed by atoms with E-state index in [1.807, 2.05) is 13.2 Å². The maximum absolute atomic E-state index is 4.39. The molecule has 1 N–H and O–H groups in total. The smallest absolute Gasteiger partial charge is 0.0562 e. The molecule has 2 heterocycles. The van der Waals surface area contributed by atoms with E-state index in [1.54, 1.807) is 0 Å². The van der Waals surface area contributed by atoms with Gasteiger partial charge in [-0.2, -0.15) is 0 Å². The van der Waals surface area contributed by atoms with Gasteiger partial charge in [0.15, 0.2) is 0 Å². The van der Waals surface area contributed by atoms with Crippen LogP contribution in [-0.4, -0.2) is 25.1 Å². The molecule has 100 valence electrons. The van der Waals surface area contributed by atoms with Crippen molar-refractivity contribution in [1.82, 2.24) is 10.3 Å². The third-order valence-corrected chi connectivity index (χ3v) is 3.95. The Labute approximate surface area is 111 Å². The van der Waals surface area contributed by atoms with Crippen molar-refractivity contribution in [3.8, 4) is 0 Å². The minimum atomic E-state index is 0.846.